The summed E-state index contributed by atoms with van der Waals surface area (Å²) in [6.07, 6.45) is 0. The summed E-state index contributed by atoms with van der Waals surface area (Å²) in [5, 5.41) is 6.28. The van der Waals surface area contributed by atoms with Gasteiger partial charge in [-0.05, 0) is 31.9 Å². The first-order valence-electron chi connectivity index (χ1n) is 9.06. The van der Waals surface area contributed by atoms with Crippen molar-refractivity contribution in [3.8, 4) is 0 Å². The first kappa shape index (κ1) is 24.1. The summed E-state index contributed by atoms with van der Waals surface area (Å²) in [6.45, 7) is 9.52. The van der Waals surface area contributed by atoms with Crippen LogP contribution in [0.2, 0.25) is 0 Å². The molecule has 1 saturated heterocycles. The van der Waals surface area contributed by atoms with E-state index in [2.05, 4.69) is 47.7 Å². The summed E-state index contributed by atoms with van der Waals surface area (Å²) < 4.78 is 31.4. The van der Waals surface area contributed by atoms with Crippen molar-refractivity contribution >= 4 is 40.0 Å². The minimum absolute atomic E-state index is 0. The number of sulfonamides is 1. The van der Waals surface area contributed by atoms with Crippen LogP contribution in [0.1, 0.15) is 23.6 Å². The SMILES string of the molecule is CCNC(=NCc1ccc(C)cc1C)NCCS(=O)(=O)N1CCOCC1.I. The quantitative estimate of drug-likeness (QED) is 0.331. The van der Waals surface area contributed by atoms with Gasteiger partial charge in [0.15, 0.2) is 5.96 Å². The van der Waals surface area contributed by atoms with Gasteiger partial charge >= 0.3 is 0 Å². The molecule has 0 saturated carbocycles. The van der Waals surface area contributed by atoms with E-state index in [0.29, 0.717) is 45.4 Å². The van der Waals surface area contributed by atoms with E-state index in [0.717, 1.165) is 12.1 Å². The van der Waals surface area contributed by atoms with Crippen molar-refractivity contribution in [2.45, 2.75) is 27.3 Å². The molecule has 27 heavy (non-hydrogen) atoms. The van der Waals surface area contributed by atoms with E-state index < -0.39 is 10.0 Å². The van der Waals surface area contributed by atoms with Crippen molar-refractivity contribution in [1.29, 1.82) is 0 Å². The average molecular weight is 510 g/mol. The van der Waals surface area contributed by atoms with Gasteiger partial charge in [0.2, 0.25) is 10.0 Å². The number of hydrogen-bond donors (Lipinski definition) is 2. The molecule has 0 radical (unpaired) electrons. The van der Waals surface area contributed by atoms with Gasteiger partial charge in [0.25, 0.3) is 0 Å². The summed E-state index contributed by atoms with van der Waals surface area (Å²) in [4.78, 5) is 4.57. The monoisotopic (exact) mass is 510 g/mol. The molecular formula is C18H31IN4O3S. The highest BCUT2D eigenvalue weighted by Crippen LogP contribution is 2.11. The van der Waals surface area contributed by atoms with Gasteiger partial charge < -0.3 is 15.4 Å². The maximum absolute atomic E-state index is 12.4. The van der Waals surface area contributed by atoms with E-state index in [-0.39, 0.29) is 29.7 Å². The minimum Gasteiger partial charge on any atom is -0.379 e. The Hall–Kier alpha value is -0.910. The van der Waals surface area contributed by atoms with Gasteiger partial charge in [-0.25, -0.2) is 13.4 Å². The zero-order chi connectivity index (χ0) is 19.0. The van der Waals surface area contributed by atoms with Crippen molar-refractivity contribution in [2.24, 2.45) is 4.99 Å². The third-order valence-corrected chi connectivity index (χ3v) is 6.14. The predicted molar refractivity (Wildman–Crippen MR) is 120 cm³/mol. The molecule has 1 aliphatic heterocycles. The van der Waals surface area contributed by atoms with Crippen LogP contribution in [-0.4, -0.2) is 63.8 Å². The lowest BCUT2D eigenvalue weighted by Crippen LogP contribution is -2.45. The molecule has 7 nitrogen and oxygen atoms in total. The molecule has 0 aromatic heterocycles. The van der Waals surface area contributed by atoms with Gasteiger partial charge in [-0.3, -0.25) is 0 Å². The molecule has 0 unspecified atom stereocenters. The molecule has 0 aliphatic carbocycles. The Balaban J connectivity index is 0.00000364. The maximum Gasteiger partial charge on any atom is 0.215 e. The van der Waals surface area contributed by atoms with Gasteiger partial charge in [-0.15, -0.1) is 24.0 Å². The lowest BCUT2D eigenvalue weighted by atomic mass is 10.1. The van der Waals surface area contributed by atoms with Gasteiger partial charge in [0, 0.05) is 26.2 Å². The number of aliphatic imine (C=N–C) groups is 1. The first-order valence-corrected chi connectivity index (χ1v) is 10.7. The highest BCUT2D eigenvalue weighted by Gasteiger charge is 2.23. The Bertz CT molecular complexity index is 719. The van der Waals surface area contributed by atoms with Crippen LogP contribution >= 0.6 is 24.0 Å². The summed E-state index contributed by atoms with van der Waals surface area (Å²) in [5.41, 5.74) is 3.60. The molecule has 1 aliphatic rings. The summed E-state index contributed by atoms with van der Waals surface area (Å²) in [5.74, 6) is 0.672. The molecule has 0 spiro atoms. The normalized spacial score (nSPS) is 15.9. The summed E-state index contributed by atoms with van der Waals surface area (Å²) in [7, 11) is -3.26. The molecule has 9 heteroatoms. The third-order valence-electron chi connectivity index (χ3n) is 4.27. The van der Waals surface area contributed by atoms with E-state index in [1.165, 1.54) is 15.4 Å². The van der Waals surface area contributed by atoms with Crippen LogP contribution in [-0.2, 0) is 21.3 Å². The van der Waals surface area contributed by atoms with Crippen LogP contribution in [0.5, 0.6) is 0 Å². The van der Waals surface area contributed by atoms with Crippen molar-refractivity contribution in [2.75, 3.05) is 45.1 Å². The van der Waals surface area contributed by atoms with Crippen molar-refractivity contribution in [3.05, 3.63) is 34.9 Å². The van der Waals surface area contributed by atoms with Gasteiger partial charge in [-0.2, -0.15) is 4.31 Å². The number of benzene rings is 1. The highest BCUT2D eigenvalue weighted by molar-refractivity contribution is 14.0. The van der Waals surface area contributed by atoms with Crippen LogP contribution in [0.25, 0.3) is 0 Å². The second kappa shape index (κ2) is 11.8. The molecule has 1 fully saturated rings. The fourth-order valence-electron chi connectivity index (χ4n) is 2.78. The number of ether oxygens (including phenoxy) is 1. The Kier molecular flexibility index (Phi) is 10.6. The lowest BCUT2D eigenvalue weighted by Gasteiger charge is -2.26. The first-order chi connectivity index (χ1) is 12.4. The number of nitrogens with zero attached hydrogens (tertiary/aromatic N) is 2. The Morgan fingerprint density at radius 2 is 1.93 bits per heavy atom. The van der Waals surface area contributed by atoms with Crippen LogP contribution < -0.4 is 10.6 Å². The zero-order valence-corrected chi connectivity index (χ0v) is 19.5. The average Bonchev–Trinajstić information content (AvgIpc) is 2.61. The molecule has 0 bridgehead atoms. The van der Waals surface area contributed by atoms with Gasteiger partial charge in [0.1, 0.15) is 0 Å². The Morgan fingerprint density at radius 3 is 2.56 bits per heavy atom. The fourth-order valence-corrected chi connectivity index (χ4v) is 4.11. The highest BCUT2D eigenvalue weighted by atomic mass is 127. The zero-order valence-electron chi connectivity index (χ0n) is 16.3. The molecule has 1 aromatic carbocycles. The minimum atomic E-state index is -3.26. The van der Waals surface area contributed by atoms with Crippen LogP contribution in [0, 0.1) is 13.8 Å². The standard InChI is InChI=1S/C18H30N4O3S.HI/c1-4-19-18(21-14-17-6-5-15(2)13-16(17)3)20-7-12-26(23,24)22-8-10-25-11-9-22;/h5-6,13H,4,7-12,14H2,1-3H3,(H2,19,20,21);1H. The van der Waals surface area contributed by atoms with E-state index in [1.807, 2.05) is 6.92 Å². The second-order valence-corrected chi connectivity index (χ2v) is 8.47. The lowest BCUT2D eigenvalue weighted by molar-refractivity contribution is 0.0730. The molecule has 2 rings (SSSR count). The van der Waals surface area contributed by atoms with Crippen molar-refractivity contribution in [1.82, 2.24) is 14.9 Å². The summed E-state index contributed by atoms with van der Waals surface area (Å²) >= 11 is 0. The number of hydrogen-bond acceptors (Lipinski definition) is 4. The van der Waals surface area contributed by atoms with Crippen molar-refractivity contribution in [3.63, 3.8) is 0 Å². The van der Waals surface area contributed by atoms with E-state index >= 15 is 0 Å². The van der Waals surface area contributed by atoms with Crippen LogP contribution in [0.3, 0.4) is 0 Å². The Morgan fingerprint density at radius 1 is 1.22 bits per heavy atom. The number of aryl methyl sites for hydroxylation is 2. The molecule has 0 atom stereocenters. The molecule has 2 N–H and O–H groups in total. The number of guanidine groups is 1. The van der Waals surface area contributed by atoms with E-state index in [9.17, 15) is 8.42 Å². The predicted octanol–water partition coefficient (Wildman–Crippen LogP) is 1.64. The number of halogens is 1. The van der Waals surface area contributed by atoms with E-state index in [4.69, 9.17) is 4.74 Å². The molecule has 0 amide bonds. The smallest absolute Gasteiger partial charge is 0.215 e. The topological polar surface area (TPSA) is 83.0 Å². The van der Waals surface area contributed by atoms with Crippen molar-refractivity contribution < 1.29 is 13.2 Å². The summed E-state index contributed by atoms with van der Waals surface area (Å²) in [6, 6.07) is 6.30. The Labute approximate surface area is 180 Å². The largest absolute Gasteiger partial charge is 0.379 e. The van der Waals surface area contributed by atoms with E-state index in [1.54, 1.807) is 0 Å². The maximum atomic E-state index is 12.4. The van der Waals surface area contributed by atoms with Gasteiger partial charge in [-0.1, -0.05) is 23.8 Å². The number of rotatable bonds is 7. The molecule has 1 aromatic rings. The molecule has 1 heterocycles. The van der Waals surface area contributed by atoms with Gasteiger partial charge in [0.05, 0.1) is 25.5 Å². The van der Waals surface area contributed by atoms with Crippen LogP contribution in [0.15, 0.2) is 23.2 Å². The molecular weight excluding hydrogens is 479 g/mol. The fraction of sp³-hybridized carbons (Fsp3) is 0.611. The number of nitrogens with one attached hydrogen (secondary N) is 2. The third kappa shape index (κ3) is 7.92. The number of morpholine rings is 1. The second-order valence-electron chi connectivity index (χ2n) is 6.38. The van der Waals surface area contributed by atoms with Crippen LogP contribution in [0.4, 0.5) is 0 Å². The molecule has 154 valence electrons.